The molecule has 2 saturated heterocycles. The molecule has 56 valence electrons. The molecule has 2 heterocycles. The zero-order chi connectivity index (χ0) is 6.77. The van der Waals surface area contributed by atoms with Gasteiger partial charge in [0.05, 0.1) is 0 Å². The molecule has 3 atom stereocenters. The summed E-state index contributed by atoms with van der Waals surface area (Å²) in [4.78, 5) is 2.73. The van der Waals surface area contributed by atoms with Gasteiger partial charge in [-0.05, 0) is 44.6 Å². The van der Waals surface area contributed by atoms with Crippen molar-refractivity contribution >= 4 is 0 Å². The lowest BCUT2D eigenvalue weighted by Gasteiger charge is -2.30. The first-order valence-corrected chi connectivity index (χ1v) is 4.56. The third-order valence-corrected chi connectivity index (χ3v) is 4.01. The van der Waals surface area contributed by atoms with E-state index in [1.165, 1.54) is 25.9 Å². The normalized spacial score (nSPS) is 58.5. The van der Waals surface area contributed by atoms with Crippen LogP contribution in [0.1, 0.15) is 26.2 Å². The van der Waals surface area contributed by atoms with E-state index in [0.29, 0.717) is 5.54 Å². The highest BCUT2D eigenvalue weighted by molar-refractivity contribution is 5.14. The van der Waals surface area contributed by atoms with Gasteiger partial charge < -0.3 is 0 Å². The molecule has 0 bridgehead atoms. The molecule has 0 radical (unpaired) electrons. The van der Waals surface area contributed by atoms with Crippen molar-refractivity contribution < 1.29 is 0 Å². The minimum atomic E-state index is 0.671. The zero-order valence-corrected chi connectivity index (χ0v) is 6.64. The molecule has 2 aliphatic heterocycles. The van der Waals surface area contributed by atoms with Crippen LogP contribution in [-0.4, -0.2) is 23.5 Å². The maximum atomic E-state index is 2.73. The first kappa shape index (κ1) is 5.59. The van der Waals surface area contributed by atoms with Crippen LogP contribution in [0.5, 0.6) is 0 Å². The molecular formula is C9H15N. The summed E-state index contributed by atoms with van der Waals surface area (Å²) in [5, 5.41) is 0. The van der Waals surface area contributed by atoms with Gasteiger partial charge in [-0.1, -0.05) is 0 Å². The second-order valence-electron chi connectivity index (χ2n) is 4.51. The van der Waals surface area contributed by atoms with E-state index in [1.807, 2.05) is 0 Å². The van der Waals surface area contributed by atoms with Gasteiger partial charge >= 0.3 is 0 Å². The van der Waals surface area contributed by atoms with Crippen LogP contribution in [0.2, 0.25) is 0 Å². The van der Waals surface area contributed by atoms with E-state index in [4.69, 9.17) is 0 Å². The van der Waals surface area contributed by atoms with E-state index in [0.717, 1.165) is 11.8 Å². The summed E-state index contributed by atoms with van der Waals surface area (Å²) >= 11 is 0. The second kappa shape index (κ2) is 1.42. The molecule has 0 aromatic heterocycles. The quantitative estimate of drug-likeness (QED) is 0.489. The fourth-order valence-corrected chi connectivity index (χ4v) is 3.26. The van der Waals surface area contributed by atoms with E-state index < -0.39 is 0 Å². The average molecular weight is 137 g/mol. The molecule has 0 amide bonds. The Kier molecular flexibility index (Phi) is 0.797. The topological polar surface area (TPSA) is 3.24 Å². The van der Waals surface area contributed by atoms with E-state index in [1.54, 1.807) is 6.42 Å². The minimum absolute atomic E-state index is 0.671. The van der Waals surface area contributed by atoms with Crippen molar-refractivity contribution in [2.24, 2.45) is 11.8 Å². The van der Waals surface area contributed by atoms with E-state index in [9.17, 15) is 0 Å². The number of hydrogen-bond acceptors (Lipinski definition) is 1. The molecule has 1 nitrogen and oxygen atoms in total. The van der Waals surface area contributed by atoms with Crippen molar-refractivity contribution in [3.63, 3.8) is 0 Å². The summed E-state index contributed by atoms with van der Waals surface area (Å²) in [7, 11) is 0. The van der Waals surface area contributed by atoms with Crippen molar-refractivity contribution in [2.45, 2.75) is 31.7 Å². The molecule has 1 heteroatoms. The molecule has 10 heavy (non-hydrogen) atoms. The van der Waals surface area contributed by atoms with Crippen LogP contribution in [0.4, 0.5) is 0 Å². The minimum Gasteiger partial charge on any atom is -0.297 e. The average Bonchev–Trinajstić information content (AvgIpc) is 2.47. The Morgan fingerprint density at radius 1 is 1.50 bits per heavy atom. The molecule has 1 saturated carbocycles. The number of hydrogen-bond donors (Lipinski definition) is 0. The Morgan fingerprint density at radius 2 is 2.40 bits per heavy atom. The standard InChI is InChI=1S/C9H15N/c1-9-3-2-4-10(9)6-7-5-8(7)9/h7-8H,2-6H2,1H3/t7-,8-,9+/m1/s1. The maximum Gasteiger partial charge on any atom is 0.0213 e. The van der Waals surface area contributed by atoms with Crippen LogP contribution in [0.3, 0.4) is 0 Å². The van der Waals surface area contributed by atoms with Gasteiger partial charge in [-0.3, -0.25) is 4.90 Å². The lowest BCUT2D eigenvalue weighted by molar-refractivity contribution is 0.179. The highest BCUT2D eigenvalue weighted by atomic mass is 15.3. The van der Waals surface area contributed by atoms with E-state index in [2.05, 4.69) is 11.8 Å². The third-order valence-electron chi connectivity index (χ3n) is 4.01. The van der Waals surface area contributed by atoms with Gasteiger partial charge in [0.2, 0.25) is 0 Å². The van der Waals surface area contributed by atoms with Crippen LogP contribution in [0, 0.1) is 11.8 Å². The number of fused-ring (bicyclic) bond motifs is 3. The molecule has 0 unspecified atom stereocenters. The number of nitrogens with zero attached hydrogens (tertiary/aromatic N) is 1. The van der Waals surface area contributed by atoms with Gasteiger partial charge in [-0.15, -0.1) is 0 Å². The largest absolute Gasteiger partial charge is 0.297 e. The molecule has 3 fully saturated rings. The van der Waals surface area contributed by atoms with Crippen molar-refractivity contribution in [3.8, 4) is 0 Å². The van der Waals surface area contributed by atoms with Gasteiger partial charge in [0, 0.05) is 12.1 Å². The summed E-state index contributed by atoms with van der Waals surface area (Å²) in [5.41, 5.74) is 0.671. The van der Waals surface area contributed by atoms with Gasteiger partial charge in [0.1, 0.15) is 0 Å². The van der Waals surface area contributed by atoms with Gasteiger partial charge in [0.25, 0.3) is 0 Å². The lowest BCUT2D eigenvalue weighted by Crippen LogP contribution is -2.38. The zero-order valence-electron chi connectivity index (χ0n) is 6.64. The van der Waals surface area contributed by atoms with Crippen LogP contribution < -0.4 is 0 Å². The van der Waals surface area contributed by atoms with Crippen molar-refractivity contribution in [1.82, 2.24) is 4.90 Å². The predicted molar refractivity (Wildman–Crippen MR) is 40.8 cm³/mol. The van der Waals surface area contributed by atoms with Crippen LogP contribution in [-0.2, 0) is 0 Å². The third kappa shape index (κ3) is 0.460. The SMILES string of the molecule is C[C@@]12CCCN1C[C@H]1C[C@H]12. The van der Waals surface area contributed by atoms with Gasteiger partial charge in [-0.2, -0.15) is 0 Å². The highest BCUT2D eigenvalue weighted by Crippen LogP contribution is 2.59. The van der Waals surface area contributed by atoms with Crippen molar-refractivity contribution in [3.05, 3.63) is 0 Å². The van der Waals surface area contributed by atoms with Crippen molar-refractivity contribution in [1.29, 1.82) is 0 Å². The molecule has 1 aliphatic carbocycles. The molecule has 0 spiro atoms. The Balaban J connectivity index is 1.97. The van der Waals surface area contributed by atoms with Crippen LogP contribution in [0.25, 0.3) is 0 Å². The van der Waals surface area contributed by atoms with Gasteiger partial charge in [0.15, 0.2) is 0 Å². The van der Waals surface area contributed by atoms with E-state index >= 15 is 0 Å². The van der Waals surface area contributed by atoms with Crippen molar-refractivity contribution in [2.75, 3.05) is 13.1 Å². The number of piperidine rings is 1. The first-order chi connectivity index (χ1) is 4.81. The van der Waals surface area contributed by atoms with E-state index in [-0.39, 0.29) is 0 Å². The molecule has 0 N–H and O–H groups in total. The maximum absolute atomic E-state index is 2.73. The summed E-state index contributed by atoms with van der Waals surface area (Å²) in [5.74, 6) is 2.22. The van der Waals surface area contributed by atoms with Gasteiger partial charge in [-0.25, -0.2) is 0 Å². The molecular weight excluding hydrogens is 122 g/mol. The second-order valence-corrected chi connectivity index (χ2v) is 4.51. The number of rotatable bonds is 0. The monoisotopic (exact) mass is 137 g/mol. The lowest BCUT2D eigenvalue weighted by atomic mass is 9.94. The smallest absolute Gasteiger partial charge is 0.0213 e. The first-order valence-electron chi connectivity index (χ1n) is 4.56. The summed E-state index contributed by atoms with van der Waals surface area (Å²) < 4.78 is 0. The Bertz CT molecular complexity index is 178. The van der Waals surface area contributed by atoms with Crippen LogP contribution >= 0.6 is 0 Å². The molecule has 0 aromatic rings. The molecule has 3 aliphatic rings. The molecule has 3 rings (SSSR count). The molecule has 0 aromatic carbocycles. The fourth-order valence-electron chi connectivity index (χ4n) is 3.26. The fraction of sp³-hybridized carbons (Fsp3) is 1.00. The summed E-state index contributed by atoms with van der Waals surface area (Å²) in [6.45, 7) is 5.31. The Hall–Kier alpha value is -0.0400. The highest BCUT2D eigenvalue weighted by Gasteiger charge is 2.60. The summed E-state index contributed by atoms with van der Waals surface area (Å²) in [6.07, 6.45) is 4.49. The summed E-state index contributed by atoms with van der Waals surface area (Å²) in [6, 6.07) is 0. The van der Waals surface area contributed by atoms with Crippen LogP contribution in [0.15, 0.2) is 0 Å². The Morgan fingerprint density at radius 3 is 3.20 bits per heavy atom. The Labute approximate surface area is 62.4 Å². The predicted octanol–water partition coefficient (Wildman–Crippen LogP) is 1.49.